The summed E-state index contributed by atoms with van der Waals surface area (Å²) in [5, 5.41) is 17.0. The van der Waals surface area contributed by atoms with Crippen molar-refractivity contribution in [3.8, 4) is 5.75 Å². The Morgan fingerprint density at radius 1 is 1.20 bits per heavy atom. The molecular formula is C18H19N5O2. The normalized spacial score (nSPS) is 11.8. The molecule has 25 heavy (non-hydrogen) atoms. The van der Waals surface area contributed by atoms with Gasteiger partial charge in [-0.2, -0.15) is 5.21 Å². The van der Waals surface area contributed by atoms with E-state index in [9.17, 15) is 4.79 Å². The van der Waals surface area contributed by atoms with Crippen molar-refractivity contribution in [1.82, 2.24) is 20.6 Å². The Labute approximate surface area is 145 Å². The second-order valence-corrected chi connectivity index (χ2v) is 5.64. The lowest BCUT2D eigenvalue weighted by atomic mass is 9.96. The molecule has 7 heteroatoms. The number of rotatable bonds is 6. The van der Waals surface area contributed by atoms with Crippen molar-refractivity contribution in [3.63, 3.8) is 0 Å². The molecule has 1 aromatic heterocycles. The van der Waals surface area contributed by atoms with Crippen molar-refractivity contribution in [2.24, 2.45) is 0 Å². The van der Waals surface area contributed by atoms with Crippen LogP contribution < -0.4 is 10.1 Å². The summed E-state index contributed by atoms with van der Waals surface area (Å²) >= 11 is 0. The molecule has 2 aromatic carbocycles. The summed E-state index contributed by atoms with van der Waals surface area (Å²) in [6, 6.07) is 15.2. The zero-order valence-electron chi connectivity index (χ0n) is 14.1. The number of aromatic amines is 1. The van der Waals surface area contributed by atoms with E-state index >= 15 is 0 Å². The summed E-state index contributed by atoms with van der Waals surface area (Å²) in [6.45, 7) is 1.94. The lowest BCUT2D eigenvalue weighted by Crippen LogP contribution is -2.24. The van der Waals surface area contributed by atoms with Crippen LogP contribution in [-0.2, 0) is 11.2 Å². The van der Waals surface area contributed by atoms with Crippen LogP contribution in [0.4, 0.5) is 5.69 Å². The molecular weight excluding hydrogens is 318 g/mol. The van der Waals surface area contributed by atoms with Gasteiger partial charge in [0.05, 0.1) is 7.11 Å². The molecule has 1 unspecified atom stereocenters. The van der Waals surface area contributed by atoms with E-state index < -0.39 is 5.92 Å². The zero-order chi connectivity index (χ0) is 17.6. The van der Waals surface area contributed by atoms with Crippen molar-refractivity contribution in [3.05, 3.63) is 65.5 Å². The van der Waals surface area contributed by atoms with Gasteiger partial charge in [-0.1, -0.05) is 41.6 Å². The standard InChI is InChI=1S/C18H19N5O2/c1-12-7-3-5-9-15(12)19-18(24)14(17-20-22-23-21-17)11-13-8-4-6-10-16(13)25-2/h3-10,14H,11H2,1-2H3,(H,19,24)(H,20,21,22,23). The van der Waals surface area contributed by atoms with Crippen LogP contribution in [0, 0.1) is 6.92 Å². The van der Waals surface area contributed by atoms with Gasteiger partial charge < -0.3 is 10.1 Å². The Morgan fingerprint density at radius 3 is 2.68 bits per heavy atom. The first-order valence-electron chi connectivity index (χ1n) is 7.90. The molecule has 0 bridgehead atoms. The Hall–Kier alpha value is -3.22. The number of carbonyl (C=O) groups excluding carboxylic acids is 1. The van der Waals surface area contributed by atoms with E-state index in [0.717, 1.165) is 22.6 Å². The summed E-state index contributed by atoms with van der Waals surface area (Å²) < 4.78 is 5.38. The zero-order valence-corrected chi connectivity index (χ0v) is 14.1. The molecule has 0 saturated carbocycles. The minimum Gasteiger partial charge on any atom is -0.496 e. The molecule has 1 amide bonds. The average Bonchev–Trinajstić information content (AvgIpc) is 3.16. The number of ether oxygens (including phenoxy) is 1. The van der Waals surface area contributed by atoms with Crippen molar-refractivity contribution in [2.75, 3.05) is 12.4 Å². The molecule has 0 aliphatic carbocycles. The number of tetrazole rings is 1. The lowest BCUT2D eigenvalue weighted by molar-refractivity contribution is -0.117. The molecule has 3 aromatic rings. The number of amides is 1. The van der Waals surface area contributed by atoms with E-state index in [4.69, 9.17) is 4.74 Å². The van der Waals surface area contributed by atoms with E-state index in [2.05, 4.69) is 25.9 Å². The first-order chi connectivity index (χ1) is 12.2. The topological polar surface area (TPSA) is 92.8 Å². The van der Waals surface area contributed by atoms with Gasteiger partial charge in [0.25, 0.3) is 0 Å². The number of aromatic nitrogens is 4. The molecule has 0 spiro atoms. The minimum atomic E-state index is -0.588. The summed E-state index contributed by atoms with van der Waals surface area (Å²) in [6.07, 6.45) is 0.404. The maximum atomic E-state index is 12.9. The highest BCUT2D eigenvalue weighted by Crippen LogP contribution is 2.26. The molecule has 128 valence electrons. The predicted octanol–water partition coefficient (Wildman–Crippen LogP) is 2.48. The number of nitrogens with one attached hydrogen (secondary N) is 2. The lowest BCUT2D eigenvalue weighted by Gasteiger charge is -2.16. The maximum Gasteiger partial charge on any atom is 0.235 e. The number of aryl methyl sites for hydroxylation is 1. The van der Waals surface area contributed by atoms with Gasteiger partial charge in [0.1, 0.15) is 11.7 Å². The average molecular weight is 337 g/mol. The Kier molecular flexibility index (Phi) is 5.03. The monoisotopic (exact) mass is 337 g/mol. The van der Waals surface area contributed by atoms with Gasteiger partial charge in [-0.3, -0.25) is 4.79 Å². The fraction of sp³-hybridized carbons (Fsp3) is 0.222. The van der Waals surface area contributed by atoms with Crippen LogP contribution >= 0.6 is 0 Å². The molecule has 1 atom stereocenters. The second-order valence-electron chi connectivity index (χ2n) is 5.64. The smallest absolute Gasteiger partial charge is 0.235 e. The quantitative estimate of drug-likeness (QED) is 0.721. The summed E-state index contributed by atoms with van der Waals surface area (Å²) in [5.74, 6) is 0.285. The van der Waals surface area contributed by atoms with Crippen molar-refractivity contribution < 1.29 is 9.53 Å². The molecule has 0 aliphatic heterocycles. The SMILES string of the molecule is COc1ccccc1CC(C(=O)Nc1ccccc1C)c1nn[nH]n1. The number of methoxy groups -OCH3 is 1. The van der Waals surface area contributed by atoms with Crippen molar-refractivity contribution in [2.45, 2.75) is 19.3 Å². The van der Waals surface area contributed by atoms with E-state index in [1.54, 1.807) is 7.11 Å². The largest absolute Gasteiger partial charge is 0.496 e. The number of nitrogens with zero attached hydrogens (tertiary/aromatic N) is 3. The number of H-pyrrole nitrogens is 1. The van der Waals surface area contributed by atoms with Crippen LogP contribution in [0.3, 0.4) is 0 Å². The van der Waals surface area contributed by atoms with Gasteiger partial charge in [0.15, 0.2) is 5.82 Å². The highest BCUT2D eigenvalue weighted by molar-refractivity contribution is 5.96. The Balaban J connectivity index is 1.88. The third-order valence-corrected chi connectivity index (χ3v) is 4.01. The van der Waals surface area contributed by atoms with Gasteiger partial charge >= 0.3 is 0 Å². The van der Waals surface area contributed by atoms with Crippen LogP contribution in [0.2, 0.25) is 0 Å². The highest BCUT2D eigenvalue weighted by Gasteiger charge is 2.26. The molecule has 1 heterocycles. The molecule has 0 radical (unpaired) electrons. The van der Waals surface area contributed by atoms with Gasteiger partial charge in [-0.25, -0.2) is 0 Å². The molecule has 0 fully saturated rings. The highest BCUT2D eigenvalue weighted by atomic mass is 16.5. The number of hydrogen-bond acceptors (Lipinski definition) is 5. The first kappa shape index (κ1) is 16.6. The van der Waals surface area contributed by atoms with E-state index in [-0.39, 0.29) is 5.91 Å². The van der Waals surface area contributed by atoms with Gasteiger partial charge in [0, 0.05) is 5.69 Å². The molecule has 0 saturated heterocycles. The number of para-hydroxylation sites is 2. The van der Waals surface area contributed by atoms with Crippen LogP contribution in [-0.4, -0.2) is 33.6 Å². The Morgan fingerprint density at radius 2 is 1.96 bits per heavy atom. The summed E-state index contributed by atoms with van der Waals surface area (Å²) in [4.78, 5) is 12.9. The van der Waals surface area contributed by atoms with E-state index in [0.29, 0.717) is 12.2 Å². The molecule has 2 N–H and O–H groups in total. The number of hydrogen-bond donors (Lipinski definition) is 2. The first-order valence-corrected chi connectivity index (χ1v) is 7.90. The summed E-state index contributed by atoms with van der Waals surface area (Å²) in [7, 11) is 1.61. The molecule has 3 rings (SSSR count). The van der Waals surface area contributed by atoms with Crippen molar-refractivity contribution >= 4 is 11.6 Å². The molecule has 0 aliphatic rings. The third-order valence-electron chi connectivity index (χ3n) is 4.01. The Bertz CT molecular complexity index is 848. The maximum absolute atomic E-state index is 12.9. The van der Waals surface area contributed by atoms with Crippen LogP contribution in [0.1, 0.15) is 22.9 Å². The van der Waals surface area contributed by atoms with Crippen LogP contribution in [0.25, 0.3) is 0 Å². The van der Waals surface area contributed by atoms with Crippen molar-refractivity contribution in [1.29, 1.82) is 0 Å². The van der Waals surface area contributed by atoms with Gasteiger partial charge in [-0.15, -0.1) is 10.2 Å². The van der Waals surface area contributed by atoms with Gasteiger partial charge in [-0.05, 0) is 36.6 Å². The number of anilines is 1. The fourth-order valence-corrected chi connectivity index (χ4v) is 2.64. The van der Waals surface area contributed by atoms with E-state index in [1.807, 2.05) is 55.5 Å². The molecule has 7 nitrogen and oxygen atoms in total. The number of benzene rings is 2. The van der Waals surface area contributed by atoms with Crippen LogP contribution in [0.15, 0.2) is 48.5 Å². The van der Waals surface area contributed by atoms with Gasteiger partial charge in [0.2, 0.25) is 5.91 Å². The van der Waals surface area contributed by atoms with Crippen LogP contribution in [0.5, 0.6) is 5.75 Å². The fourth-order valence-electron chi connectivity index (χ4n) is 2.64. The predicted molar refractivity (Wildman–Crippen MR) is 93.4 cm³/mol. The van der Waals surface area contributed by atoms with E-state index in [1.165, 1.54) is 0 Å². The third kappa shape index (κ3) is 3.82. The number of carbonyl (C=O) groups is 1. The summed E-state index contributed by atoms with van der Waals surface area (Å²) in [5.41, 5.74) is 2.65. The second kappa shape index (κ2) is 7.57. The minimum absolute atomic E-state index is 0.193.